The molecule has 3 aromatic rings. The van der Waals surface area contributed by atoms with E-state index in [1.165, 1.54) is 16.2 Å². The van der Waals surface area contributed by atoms with E-state index in [1.807, 2.05) is 18.2 Å². The minimum Gasteiger partial charge on any atom is -0.507 e. The van der Waals surface area contributed by atoms with Gasteiger partial charge in [0.15, 0.2) is 16.6 Å². The minimum absolute atomic E-state index is 0.00465. The highest BCUT2D eigenvalue weighted by molar-refractivity contribution is 9.10. The van der Waals surface area contributed by atoms with Crippen LogP contribution in [0.25, 0.3) is 5.76 Å². The monoisotopic (exact) mass is 498 g/mol. The summed E-state index contributed by atoms with van der Waals surface area (Å²) in [4.78, 5) is 31.6. The normalized spacial score (nSPS) is 19.6. The highest BCUT2D eigenvalue weighted by Crippen LogP contribution is 2.44. The van der Waals surface area contributed by atoms with E-state index < -0.39 is 17.7 Å². The van der Waals surface area contributed by atoms with Gasteiger partial charge in [0.1, 0.15) is 19.0 Å². The first-order valence-corrected chi connectivity index (χ1v) is 11.1. The van der Waals surface area contributed by atoms with Crippen LogP contribution in [0.5, 0.6) is 11.5 Å². The summed E-state index contributed by atoms with van der Waals surface area (Å²) in [6.07, 6.45) is 1.57. The number of aliphatic hydroxyl groups is 1. The third kappa shape index (κ3) is 3.39. The lowest BCUT2D eigenvalue weighted by atomic mass is 9.95. The van der Waals surface area contributed by atoms with E-state index in [0.29, 0.717) is 41.0 Å². The van der Waals surface area contributed by atoms with Crippen LogP contribution in [0.1, 0.15) is 17.2 Å². The predicted octanol–water partition coefficient (Wildman–Crippen LogP) is 4.30. The van der Waals surface area contributed by atoms with E-state index in [-0.39, 0.29) is 11.3 Å². The lowest BCUT2D eigenvalue weighted by molar-refractivity contribution is -0.132. The summed E-state index contributed by atoms with van der Waals surface area (Å²) < 4.78 is 11.9. The van der Waals surface area contributed by atoms with E-state index in [2.05, 4.69) is 20.9 Å². The van der Waals surface area contributed by atoms with Crippen molar-refractivity contribution in [2.24, 2.45) is 0 Å². The molecule has 2 aliphatic rings. The van der Waals surface area contributed by atoms with Gasteiger partial charge in [0.25, 0.3) is 5.78 Å². The second-order valence-corrected chi connectivity index (χ2v) is 8.69. The van der Waals surface area contributed by atoms with Crippen molar-refractivity contribution in [2.45, 2.75) is 6.04 Å². The molecule has 2 aliphatic heterocycles. The van der Waals surface area contributed by atoms with Crippen molar-refractivity contribution < 1.29 is 24.2 Å². The van der Waals surface area contributed by atoms with Crippen LogP contribution in [0, 0.1) is 0 Å². The number of anilines is 1. The van der Waals surface area contributed by atoms with Crippen LogP contribution in [-0.2, 0) is 9.59 Å². The number of benzene rings is 2. The molecular formula is C22H15BrN2O5S. The Balaban J connectivity index is 1.69. The third-order valence-electron chi connectivity index (χ3n) is 5.05. The van der Waals surface area contributed by atoms with Crippen molar-refractivity contribution in [3.63, 3.8) is 0 Å². The SMILES string of the molecule is O=C1C(=O)N(c2nccs2)[C@H](c2cccc(Br)c2)C1=C(O)c1ccc2c(c1)OCCO2. The molecule has 7 nitrogen and oxygen atoms in total. The Bertz CT molecular complexity index is 1220. The lowest BCUT2D eigenvalue weighted by Crippen LogP contribution is -2.29. The Morgan fingerprint density at radius 1 is 1.13 bits per heavy atom. The summed E-state index contributed by atoms with van der Waals surface area (Å²) >= 11 is 4.69. The molecule has 0 radical (unpaired) electrons. The molecule has 1 amide bonds. The van der Waals surface area contributed by atoms with Crippen LogP contribution in [0.15, 0.2) is 64.1 Å². The molecule has 1 fully saturated rings. The Morgan fingerprint density at radius 2 is 1.94 bits per heavy atom. The van der Waals surface area contributed by atoms with E-state index in [0.717, 1.165) is 4.47 Å². The van der Waals surface area contributed by atoms with Gasteiger partial charge in [0.05, 0.1) is 11.6 Å². The second kappa shape index (κ2) is 7.82. The fourth-order valence-electron chi connectivity index (χ4n) is 3.70. The number of hydrogen-bond donors (Lipinski definition) is 1. The van der Waals surface area contributed by atoms with Crippen molar-refractivity contribution in [1.29, 1.82) is 0 Å². The van der Waals surface area contributed by atoms with Crippen molar-refractivity contribution in [3.05, 3.63) is 75.2 Å². The number of carbonyl (C=O) groups excluding carboxylic acids is 2. The Kier molecular flexibility index (Phi) is 4.99. The van der Waals surface area contributed by atoms with Crippen LogP contribution in [0.2, 0.25) is 0 Å². The van der Waals surface area contributed by atoms with Gasteiger partial charge in [0.2, 0.25) is 0 Å². The predicted molar refractivity (Wildman–Crippen MR) is 118 cm³/mol. The van der Waals surface area contributed by atoms with Gasteiger partial charge < -0.3 is 14.6 Å². The second-order valence-electron chi connectivity index (χ2n) is 6.90. The first-order chi connectivity index (χ1) is 15.0. The molecule has 2 aromatic carbocycles. The summed E-state index contributed by atoms with van der Waals surface area (Å²) in [7, 11) is 0. The smallest absolute Gasteiger partial charge is 0.301 e. The Morgan fingerprint density at radius 3 is 2.68 bits per heavy atom. The van der Waals surface area contributed by atoms with Crippen molar-refractivity contribution in [2.75, 3.05) is 18.1 Å². The number of hydrogen-bond acceptors (Lipinski definition) is 7. The molecule has 0 spiro atoms. The van der Waals surface area contributed by atoms with Gasteiger partial charge in [0, 0.05) is 21.6 Å². The first-order valence-electron chi connectivity index (χ1n) is 9.40. The number of aromatic nitrogens is 1. The number of Topliss-reactive ketones (excluding diaryl/α,β-unsaturated/α-hetero) is 1. The number of halogens is 1. The van der Waals surface area contributed by atoms with Crippen molar-refractivity contribution in [3.8, 4) is 11.5 Å². The number of fused-ring (bicyclic) bond motifs is 1. The minimum atomic E-state index is -0.822. The zero-order chi connectivity index (χ0) is 21.5. The van der Waals surface area contributed by atoms with Crippen molar-refractivity contribution >= 4 is 49.8 Å². The first kappa shape index (κ1) is 19.8. The number of rotatable bonds is 3. The number of thiazole rings is 1. The number of ketones is 1. The molecule has 3 heterocycles. The Hall–Kier alpha value is -3.17. The Labute approximate surface area is 189 Å². The largest absolute Gasteiger partial charge is 0.507 e. The zero-order valence-electron chi connectivity index (χ0n) is 15.9. The molecule has 0 saturated carbocycles. The van der Waals surface area contributed by atoms with Crippen molar-refractivity contribution in [1.82, 2.24) is 4.98 Å². The van der Waals surface area contributed by atoms with E-state index >= 15 is 0 Å². The van der Waals surface area contributed by atoms with Crippen LogP contribution < -0.4 is 14.4 Å². The fourth-order valence-corrected chi connectivity index (χ4v) is 4.79. The molecule has 0 aliphatic carbocycles. The highest BCUT2D eigenvalue weighted by atomic mass is 79.9. The quantitative estimate of drug-likeness (QED) is 0.329. The summed E-state index contributed by atoms with van der Waals surface area (Å²) in [5.41, 5.74) is 1.03. The molecule has 31 heavy (non-hydrogen) atoms. The molecule has 5 rings (SSSR count). The van der Waals surface area contributed by atoms with Gasteiger partial charge in [-0.15, -0.1) is 11.3 Å². The molecule has 0 unspecified atom stereocenters. The summed E-state index contributed by atoms with van der Waals surface area (Å²) in [6, 6.07) is 11.4. The van der Waals surface area contributed by atoms with E-state index in [4.69, 9.17) is 9.47 Å². The van der Waals surface area contributed by atoms with Gasteiger partial charge in [-0.1, -0.05) is 28.1 Å². The van der Waals surface area contributed by atoms with Crippen LogP contribution in [-0.4, -0.2) is 35.0 Å². The number of carbonyl (C=O) groups is 2. The summed E-state index contributed by atoms with van der Waals surface area (Å²) in [6.45, 7) is 0.837. The molecule has 1 N–H and O–H groups in total. The topological polar surface area (TPSA) is 89.0 Å². The van der Waals surface area contributed by atoms with Gasteiger partial charge in [-0.25, -0.2) is 4.98 Å². The lowest BCUT2D eigenvalue weighted by Gasteiger charge is -2.23. The third-order valence-corrected chi connectivity index (χ3v) is 6.31. The number of aliphatic hydroxyl groups excluding tert-OH is 1. The number of nitrogens with zero attached hydrogens (tertiary/aromatic N) is 2. The molecule has 1 saturated heterocycles. The van der Waals surface area contributed by atoms with E-state index in [9.17, 15) is 14.7 Å². The molecule has 0 bridgehead atoms. The fraction of sp³-hybridized carbons (Fsp3) is 0.136. The molecule has 9 heteroatoms. The number of ether oxygens (including phenoxy) is 2. The highest BCUT2D eigenvalue weighted by Gasteiger charge is 2.48. The summed E-state index contributed by atoms with van der Waals surface area (Å²) in [5.74, 6) is -0.746. The maximum absolute atomic E-state index is 13.1. The van der Waals surface area contributed by atoms with Crippen LogP contribution in [0.4, 0.5) is 5.13 Å². The number of amides is 1. The van der Waals surface area contributed by atoms with Gasteiger partial charge in [-0.2, -0.15) is 0 Å². The van der Waals surface area contributed by atoms with Gasteiger partial charge >= 0.3 is 5.91 Å². The maximum Gasteiger partial charge on any atom is 0.301 e. The molecule has 1 aromatic heterocycles. The van der Waals surface area contributed by atoms with E-state index in [1.54, 1.807) is 35.8 Å². The van der Waals surface area contributed by atoms with Gasteiger partial charge in [-0.3, -0.25) is 14.5 Å². The molecule has 156 valence electrons. The summed E-state index contributed by atoms with van der Waals surface area (Å²) in [5, 5.41) is 13.3. The molecular weight excluding hydrogens is 484 g/mol. The molecule has 1 atom stereocenters. The standard InChI is InChI=1S/C22H15BrN2O5S/c23-14-3-1-2-12(10-14)18-17(20(27)21(28)25(18)22-24-6-9-31-22)19(26)13-4-5-15-16(11-13)30-8-7-29-15/h1-6,9-11,18,26H,7-8H2/t18-/m1/s1. The average Bonchev–Trinajstić information content (AvgIpc) is 3.40. The maximum atomic E-state index is 13.1. The zero-order valence-corrected chi connectivity index (χ0v) is 18.4. The average molecular weight is 499 g/mol. The van der Waals surface area contributed by atoms with Crippen LogP contribution in [0.3, 0.4) is 0 Å². The van der Waals surface area contributed by atoms with Gasteiger partial charge in [-0.05, 0) is 35.9 Å². The van der Waals surface area contributed by atoms with Crippen LogP contribution >= 0.6 is 27.3 Å².